The Labute approximate surface area is 304 Å². The van der Waals surface area contributed by atoms with E-state index in [4.69, 9.17) is 4.74 Å². The van der Waals surface area contributed by atoms with E-state index in [9.17, 15) is 19.2 Å². The van der Waals surface area contributed by atoms with E-state index in [-0.39, 0.29) is 29.1 Å². The van der Waals surface area contributed by atoms with E-state index in [1.165, 1.54) is 42.4 Å². The number of ether oxygens (including phenoxy) is 1. The van der Waals surface area contributed by atoms with Crippen molar-refractivity contribution in [3.8, 4) is 0 Å². The molecule has 3 aromatic carbocycles. The van der Waals surface area contributed by atoms with Crippen molar-refractivity contribution in [2.45, 2.75) is 68.5 Å². The predicted molar refractivity (Wildman–Crippen MR) is 204 cm³/mol. The van der Waals surface area contributed by atoms with Gasteiger partial charge in [0, 0.05) is 40.4 Å². The van der Waals surface area contributed by atoms with E-state index in [2.05, 4.69) is 16.0 Å². The van der Waals surface area contributed by atoms with Crippen LogP contribution in [-0.2, 0) is 41.2 Å². The fourth-order valence-electron chi connectivity index (χ4n) is 4.72. The number of amides is 3. The van der Waals surface area contributed by atoms with E-state index < -0.39 is 34.4 Å². The zero-order valence-corrected chi connectivity index (χ0v) is 31.7. The van der Waals surface area contributed by atoms with Gasteiger partial charge in [-0.3, -0.25) is 14.4 Å². The first-order valence-electron chi connectivity index (χ1n) is 16.2. The highest BCUT2D eigenvalue weighted by Crippen LogP contribution is 2.25. The molecule has 0 saturated heterocycles. The maximum absolute atomic E-state index is 14.3. The maximum atomic E-state index is 14.3. The van der Waals surface area contributed by atoms with Crippen LogP contribution in [0.2, 0.25) is 0 Å². The number of carbonyl (C=O) groups is 4. The molecule has 11 heteroatoms. The van der Waals surface area contributed by atoms with Crippen molar-refractivity contribution in [1.82, 2.24) is 16.0 Å². The van der Waals surface area contributed by atoms with Crippen molar-refractivity contribution in [3.05, 3.63) is 108 Å². The third-order valence-electron chi connectivity index (χ3n) is 7.85. The molecule has 3 atom stereocenters. The summed E-state index contributed by atoms with van der Waals surface area (Å²) in [5, 5.41) is 8.91. The van der Waals surface area contributed by atoms with E-state index >= 15 is 0 Å². The van der Waals surface area contributed by atoms with Crippen LogP contribution in [0.1, 0.15) is 51.3 Å². The molecule has 0 aromatic heterocycles. The third kappa shape index (κ3) is 12.5. The van der Waals surface area contributed by atoms with Crippen molar-refractivity contribution in [2.75, 3.05) is 24.4 Å². The predicted octanol–water partition coefficient (Wildman–Crippen LogP) is 6.24. The molecule has 0 aliphatic carbocycles. The first-order valence-corrected chi connectivity index (χ1v) is 19.7. The number of hydrogen-bond acceptors (Lipinski definition) is 8. The molecule has 49 heavy (non-hydrogen) atoms. The number of esters is 1. The summed E-state index contributed by atoms with van der Waals surface area (Å²) in [7, 11) is 1.29. The molecule has 8 nitrogen and oxygen atoms in total. The van der Waals surface area contributed by atoms with Gasteiger partial charge in [0.15, 0.2) is 0 Å². The first kappa shape index (κ1) is 40.0. The summed E-state index contributed by atoms with van der Waals surface area (Å²) in [6.07, 6.45) is 0. The molecular formula is C38H49N3O5S3. The Kier molecular flexibility index (Phi) is 15.6. The summed E-state index contributed by atoms with van der Waals surface area (Å²) in [5.74, 6) is 0.405. The minimum Gasteiger partial charge on any atom is -0.467 e. The molecule has 0 unspecified atom stereocenters. The highest BCUT2D eigenvalue weighted by atomic mass is 32.2. The van der Waals surface area contributed by atoms with Gasteiger partial charge >= 0.3 is 5.97 Å². The second kappa shape index (κ2) is 19.1. The normalized spacial score (nSPS) is 14.8. The van der Waals surface area contributed by atoms with Gasteiger partial charge in [0.05, 0.1) is 7.11 Å². The van der Waals surface area contributed by atoms with Crippen molar-refractivity contribution < 1.29 is 23.9 Å². The largest absolute Gasteiger partial charge is 0.467 e. The molecule has 0 fully saturated rings. The lowest BCUT2D eigenvalue weighted by Crippen LogP contribution is -2.69. The molecule has 3 rings (SSSR count). The SMILES string of the molecule is COC(=O)[C@](C)(CSCc1ccccc1)NC(=O)[C@](C)(CSCc1ccccc1)NC(=O)[C@@](C)(CSCc1ccccc1)NC(=O)C(C)C. The van der Waals surface area contributed by atoms with Gasteiger partial charge in [-0.15, -0.1) is 0 Å². The fourth-order valence-corrected chi connectivity index (χ4v) is 8.14. The van der Waals surface area contributed by atoms with Gasteiger partial charge in [-0.05, 0) is 37.5 Å². The summed E-state index contributed by atoms with van der Waals surface area (Å²) in [6.45, 7) is 8.53. The molecule has 0 heterocycles. The van der Waals surface area contributed by atoms with Crippen LogP contribution in [0.3, 0.4) is 0 Å². The number of thioether (sulfide) groups is 3. The minimum absolute atomic E-state index is 0.208. The molecule has 0 radical (unpaired) electrons. The monoisotopic (exact) mass is 723 g/mol. The lowest BCUT2D eigenvalue weighted by molar-refractivity contribution is -0.150. The molecular weight excluding hydrogens is 675 g/mol. The van der Waals surface area contributed by atoms with E-state index in [1.807, 2.05) is 91.0 Å². The van der Waals surface area contributed by atoms with Gasteiger partial charge in [0.1, 0.15) is 16.6 Å². The average molecular weight is 724 g/mol. The zero-order chi connectivity index (χ0) is 35.9. The summed E-state index contributed by atoms with van der Waals surface area (Å²) in [6, 6.07) is 29.6. The molecule has 0 aliphatic rings. The second-order valence-electron chi connectivity index (χ2n) is 13.0. The van der Waals surface area contributed by atoms with Gasteiger partial charge in [-0.2, -0.15) is 35.3 Å². The Balaban J connectivity index is 1.86. The Morgan fingerprint density at radius 2 is 0.898 bits per heavy atom. The number of methoxy groups -OCH3 is 1. The molecule has 3 amide bonds. The van der Waals surface area contributed by atoms with Gasteiger partial charge < -0.3 is 20.7 Å². The Morgan fingerprint density at radius 3 is 1.24 bits per heavy atom. The third-order valence-corrected chi connectivity index (χ3v) is 11.8. The summed E-state index contributed by atoms with van der Waals surface area (Å²) in [5.41, 5.74) is -0.896. The fraction of sp³-hybridized carbons (Fsp3) is 0.421. The minimum atomic E-state index is -1.45. The highest BCUT2D eigenvalue weighted by Gasteiger charge is 2.46. The van der Waals surface area contributed by atoms with Crippen LogP contribution < -0.4 is 16.0 Å². The van der Waals surface area contributed by atoms with Crippen molar-refractivity contribution in [3.63, 3.8) is 0 Å². The average Bonchev–Trinajstić information content (AvgIpc) is 3.09. The quantitative estimate of drug-likeness (QED) is 0.125. The number of hydrogen-bond donors (Lipinski definition) is 3. The summed E-state index contributed by atoms with van der Waals surface area (Å²) in [4.78, 5) is 54.7. The van der Waals surface area contributed by atoms with E-state index in [1.54, 1.807) is 34.6 Å². The summed E-state index contributed by atoms with van der Waals surface area (Å²) < 4.78 is 5.14. The van der Waals surface area contributed by atoms with Gasteiger partial charge in [-0.1, -0.05) is 105 Å². The molecule has 3 aromatic rings. The number of nitrogens with one attached hydrogen (secondary N) is 3. The lowest BCUT2D eigenvalue weighted by Gasteiger charge is -2.38. The van der Waals surface area contributed by atoms with Crippen LogP contribution in [0.4, 0.5) is 0 Å². The molecule has 3 N–H and O–H groups in total. The van der Waals surface area contributed by atoms with Crippen LogP contribution in [0.5, 0.6) is 0 Å². The molecule has 264 valence electrons. The van der Waals surface area contributed by atoms with Gasteiger partial charge in [0.2, 0.25) is 17.7 Å². The Bertz CT molecular complexity index is 1510. The number of carbonyl (C=O) groups excluding carboxylic acids is 4. The zero-order valence-electron chi connectivity index (χ0n) is 29.2. The van der Waals surface area contributed by atoms with Gasteiger partial charge in [-0.25, -0.2) is 4.79 Å². The molecule has 0 spiro atoms. The number of benzene rings is 3. The molecule has 0 saturated carbocycles. The first-order chi connectivity index (χ1) is 23.3. The smallest absolute Gasteiger partial charge is 0.332 e. The topological polar surface area (TPSA) is 114 Å². The van der Waals surface area contributed by atoms with Crippen molar-refractivity contribution in [2.24, 2.45) is 5.92 Å². The van der Waals surface area contributed by atoms with Crippen LogP contribution in [-0.4, -0.2) is 64.7 Å². The van der Waals surface area contributed by atoms with E-state index in [0.29, 0.717) is 17.3 Å². The molecule has 0 bridgehead atoms. The Morgan fingerprint density at radius 1 is 0.571 bits per heavy atom. The lowest BCUT2D eigenvalue weighted by atomic mass is 9.96. The van der Waals surface area contributed by atoms with Crippen LogP contribution >= 0.6 is 35.3 Å². The van der Waals surface area contributed by atoms with Crippen LogP contribution in [0.25, 0.3) is 0 Å². The van der Waals surface area contributed by atoms with E-state index in [0.717, 1.165) is 16.7 Å². The summed E-state index contributed by atoms with van der Waals surface area (Å²) >= 11 is 4.52. The van der Waals surface area contributed by atoms with Crippen molar-refractivity contribution in [1.29, 1.82) is 0 Å². The highest BCUT2D eigenvalue weighted by molar-refractivity contribution is 7.99. The Hall–Kier alpha value is -3.41. The molecule has 0 aliphatic heterocycles. The van der Waals surface area contributed by atoms with Crippen LogP contribution in [0.15, 0.2) is 91.0 Å². The standard InChI is InChI=1S/C38H49N3O5S3/c1-28(2)32(42)39-36(3,25-47-22-29-16-10-7-11-17-29)33(43)40-37(4,26-48-23-30-18-12-8-13-19-30)34(44)41-38(5,35(45)46-6)27-49-24-31-20-14-9-15-21-31/h7-21,28H,22-27H2,1-6H3,(H,39,42)(H,40,43)(H,41,44)/t36-,37+,38+/m1/s1. The van der Waals surface area contributed by atoms with Crippen molar-refractivity contribution >= 4 is 59.0 Å². The van der Waals surface area contributed by atoms with Gasteiger partial charge in [0.25, 0.3) is 0 Å². The van der Waals surface area contributed by atoms with Crippen LogP contribution in [0, 0.1) is 5.92 Å². The second-order valence-corrected chi connectivity index (χ2v) is 15.9. The number of rotatable bonds is 19. The maximum Gasteiger partial charge on any atom is 0.332 e.